The Morgan fingerprint density at radius 2 is 1.75 bits per heavy atom. The number of carbonyl (C=O) groups is 1. The average molecular weight is 378 g/mol. The quantitative estimate of drug-likeness (QED) is 0.693. The van der Waals surface area contributed by atoms with Crippen LogP contribution in [0.3, 0.4) is 0 Å². The van der Waals surface area contributed by atoms with Crippen LogP contribution in [0.15, 0.2) is 36.4 Å². The summed E-state index contributed by atoms with van der Waals surface area (Å²) in [5.41, 5.74) is 3.76. The summed E-state index contributed by atoms with van der Waals surface area (Å²) in [7, 11) is 1.65. The van der Waals surface area contributed by atoms with Gasteiger partial charge in [-0.15, -0.1) is 0 Å². The normalized spacial score (nSPS) is 14.6. The summed E-state index contributed by atoms with van der Waals surface area (Å²) in [6.45, 7) is 7.94. The van der Waals surface area contributed by atoms with Gasteiger partial charge in [0.05, 0.1) is 18.5 Å². The molecule has 146 valence electrons. The molecule has 0 atom stereocenters. The molecule has 0 aliphatic carbocycles. The molecular formula is C22H26N4O2. The Bertz CT molecular complexity index is 1010. The molecule has 3 aromatic rings. The number of fused-ring (bicyclic) bond motifs is 1. The number of ether oxygens (including phenoxy) is 1. The van der Waals surface area contributed by atoms with Crippen LogP contribution < -0.4 is 4.74 Å². The minimum atomic E-state index is -0.123. The van der Waals surface area contributed by atoms with Crippen LogP contribution in [0.4, 0.5) is 0 Å². The lowest BCUT2D eigenvalue weighted by Crippen LogP contribution is -2.29. The van der Waals surface area contributed by atoms with E-state index in [-0.39, 0.29) is 11.3 Å². The minimum Gasteiger partial charge on any atom is -0.497 e. The third kappa shape index (κ3) is 3.35. The Kier molecular flexibility index (Phi) is 4.57. The molecule has 1 fully saturated rings. The van der Waals surface area contributed by atoms with E-state index in [0.717, 1.165) is 48.6 Å². The average Bonchev–Trinajstić information content (AvgIpc) is 3.36. The zero-order valence-electron chi connectivity index (χ0n) is 16.9. The molecule has 28 heavy (non-hydrogen) atoms. The Hall–Kier alpha value is -2.89. The lowest BCUT2D eigenvalue weighted by Gasteiger charge is -2.17. The van der Waals surface area contributed by atoms with Crippen molar-refractivity contribution < 1.29 is 9.53 Å². The molecule has 0 unspecified atom stereocenters. The van der Waals surface area contributed by atoms with Crippen molar-refractivity contribution in [3.8, 4) is 17.0 Å². The van der Waals surface area contributed by atoms with Crippen LogP contribution in [0.1, 0.15) is 49.8 Å². The Balaban J connectivity index is 1.87. The first-order valence-electron chi connectivity index (χ1n) is 9.72. The fourth-order valence-electron chi connectivity index (χ4n) is 3.49. The molecule has 6 nitrogen and oxygen atoms in total. The molecule has 1 aliphatic heterocycles. The highest BCUT2D eigenvalue weighted by molar-refractivity contribution is 5.94. The predicted molar refractivity (Wildman–Crippen MR) is 109 cm³/mol. The fraction of sp³-hybridized carbons (Fsp3) is 0.409. The van der Waals surface area contributed by atoms with Crippen molar-refractivity contribution >= 4 is 11.6 Å². The first kappa shape index (κ1) is 18.5. The summed E-state index contributed by atoms with van der Waals surface area (Å²) in [4.78, 5) is 19.9. The Labute approximate surface area is 165 Å². The number of nitrogens with zero attached hydrogens (tertiary/aromatic N) is 4. The van der Waals surface area contributed by atoms with E-state index in [2.05, 4.69) is 20.8 Å². The first-order chi connectivity index (χ1) is 13.4. The molecule has 2 aromatic heterocycles. The maximum Gasteiger partial charge on any atom is 0.272 e. The molecule has 6 heteroatoms. The van der Waals surface area contributed by atoms with Gasteiger partial charge >= 0.3 is 0 Å². The molecular weight excluding hydrogens is 352 g/mol. The lowest BCUT2D eigenvalue weighted by atomic mass is 9.93. The zero-order valence-corrected chi connectivity index (χ0v) is 16.9. The van der Waals surface area contributed by atoms with E-state index < -0.39 is 0 Å². The molecule has 0 radical (unpaired) electrons. The van der Waals surface area contributed by atoms with Crippen molar-refractivity contribution in [3.05, 3.63) is 47.8 Å². The highest BCUT2D eigenvalue weighted by Crippen LogP contribution is 2.27. The topological polar surface area (TPSA) is 59.7 Å². The molecule has 0 N–H and O–H groups in total. The number of rotatable bonds is 3. The van der Waals surface area contributed by atoms with Gasteiger partial charge in [-0.2, -0.15) is 5.10 Å². The van der Waals surface area contributed by atoms with Crippen LogP contribution in [-0.2, 0) is 5.41 Å². The van der Waals surface area contributed by atoms with Gasteiger partial charge in [-0.05, 0) is 43.2 Å². The molecule has 3 heterocycles. The standard InChI is InChI=1S/C22H26N4O2/c1-22(2,3)19-14-20-23-17(15-7-9-16(28-4)10-8-15)13-18(26(20)24-19)21(27)25-11-5-6-12-25/h7-10,13-14H,5-6,11-12H2,1-4H3. The van der Waals surface area contributed by atoms with E-state index in [1.807, 2.05) is 41.3 Å². The van der Waals surface area contributed by atoms with Gasteiger partial charge in [-0.1, -0.05) is 20.8 Å². The number of hydrogen-bond donors (Lipinski definition) is 0. The summed E-state index contributed by atoms with van der Waals surface area (Å²) < 4.78 is 6.95. The maximum atomic E-state index is 13.2. The molecule has 0 spiro atoms. The molecule has 0 bridgehead atoms. The predicted octanol–water partition coefficient (Wildman–Crippen LogP) is 3.94. The number of likely N-dealkylation sites (tertiary alicyclic amines) is 1. The molecule has 1 aliphatic rings. The fourth-order valence-corrected chi connectivity index (χ4v) is 3.49. The highest BCUT2D eigenvalue weighted by atomic mass is 16.5. The molecule has 1 aromatic carbocycles. The van der Waals surface area contributed by atoms with Gasteiger partial charge in [0.2, 0.25) is 0 Å². The van der Waals surface area contributed by atoms with Crippen LogP contribution in [0.2, 0.25) is 0 Å². The van der Waals surface area contributed by atoms with E-state index in [4.69, 9.17) is 14.8 Å². The molecule has 1 amide bonds. The second-order valence-electron chi connectivity index (χ2n) is 8.30. The van der Waals surface area contributed by atoms with Gasteiger partial charge in [0.15, 0.2) is 5.65 Å². The summed E-state index contributed by atoms with van der Waals surface area (Å²) in [5, 5.41) is 4.73. The third-order valence-corrected chi connectivity index (χ3v) is 5.19. The van der Waals surface area contributed by atoms with Crippen LogP contribution in [0.25, 0.3) is 16.9 Å². The number of benzene rings is 1. The van der Waals surface area contributed by atoms with E-state index in [1.165, 1.54) is 0 Å². The van der Waals surface area contributed by atoms with E-state index in [9.17, 15) is 4.79 Å². The van der Waals surface area contributed by atoms with Crippen molar-refractivity contribution in [1.82, 2.24) is 19.5 Å². The second-order valence-corrected chi connectivity index (χ2v) is 8.30. The number of hydrogen-bond acceptors (Lipinski definition) is 4. The second kappa shape index (κ2) is 6.93. The Morgan fingerprint density at radius 1 is 1.07 bits per heavy atom. The number of aromatic nitrogens is 3. The SMILES string of the molecule is COc1ccc(-c2cc(C(=O)N3CCCC3)n3nc(C(C)(C)C)cc3n2)cc1. The molecule has 4 rings (SSSR count). The van der Waals surface area contributed by atoms with Crippen molar-refractivity contribution in [1.29, 1.82) is 0 Å². The van der Waals surface area contributed by atoms with E-state index in [0.29, 0.717) is 11.3 Å². The molecule has 1 saturated heterocycles. The van der Waals surface area contributed by atoms with Crippen molar-refractivity contribution in [2.24, 2.45) is 0 Å². The van der Waals surface area contributed by atoms with Crippen LogP contribution in [-0.4, -0.2) is 45.6 Å². The summed E-state index contributed by atoms with van der Waals surface area (Å²) in [6, 6.07) is 11.6. The van der Waals surface area contributed by atoms with Crippen LogP contribution in [0, 0.1) is 0 Å². The zero-order chi connectivity index (χ0) is 19.9. The van der Waals surface area contributed by atoms with Gasteiger partial charge in [0.25, 0.3) is 5.91 Å². The van der Waals surface area contributed by atoms with Crippen molar-refractivity contribution in [2.75, 3.05) is 20.2 Å². The number of carbonyl (C=O) groups excluding carboxylic acids is 1. The Morgan fingerprint density at radius 3 is 2.36 bits per heavy atom. The number of amides is 1. The number of methoxy groups -OCH3 is 1. The van der Waals surface area contributed by atoms with E-state index in [1.54, 1.807) is 11.6 Å². The maximum absolute atomic E-state index is 13.2. The van der Waals surface area contributed by atoms with Gasteiger partial charge < -0.3 is 9.64 Å². The summed E-state index contributed by atoms with van der Waals surface area (Å²) in [6.07, 6.45) is 2.11. The van der Waals surface area contributed by atoms with Gasteiger partial charge in [0.1, 0.15) is 11.4 Å². The monoisotopic (exact) mass is 378 g/mol. The first-order valence-corrected chi connectivity index (χ1v) is 9.72. The van der Waals surface area contributed by atoms with E-state index >= 15 is 0 Å². The van der Waals surface area contributed by atoms with Gasteiger partial charge in [-0.25, -0.2) is 9.50 Å². The lowest BCUT2D eigenvalue weighted by molar-refractivity contribution is 0.0784. The minimum absolute atomic E-state index is 0.0169. The van der Waals surface area contributed by atoms with Gasteiger partial charge in [-0.3, -0.25) is 4.79 Å². The van der Waals surface area contributed by atoms with Crippen LogP contribution >= 0.6 is 0 Å². The largest absolute Gasteiger partial charge is 0.497 e. The highest BCUT2D eigenvalue weighted by Gasteiger charge is 2.26. The van der Waals surface area contributed by atoms with Crippen molar-refractivity contribution in [2.45, 2.75) is 39.0 Å². The van der Waals surface area contributed by atoms with Crippen LogP contribution in [0.5, 0.6) is 5.75 Å². The van der Waals surface area contributed by atoms with Crippen molar-refractivity contribution in [3.63, 3.8) is 0 Å². The summed E-state index contributed by atoms with van der Waals surface area (Å²) >= 11 is 0. The summed E-state index contributed by atoms with van der Waals surface area (Å²) in [5.74, 6) is 0.806. The molecule has 0 saturated carbocycles. The van der Waals surface area contributed by atoms with Gasteiger partial charge in [0, 0.05) is 30.1 Å². The smallest absolute Gasteiger partial charge is 0.272 e. The third-order valence-electron chi connectivity index (χ3n) is 5.19.